The van der Waals surface area contributed by atoms with Gasteiger partial charge in [0.15, 0.2) is 0 Å². The molecule has 2 nitrogen and oxygen atoms in total. The van der Waals surface area contributed by atoms with E-state index >= 15 is 0 Å². The summed E-state index contributed by atoms with van der Waals surface area (Å²) < 4.78 is 6.86. The maximum absolute atomic E-state index is 5.78. The van der Waals surface area contributed by atoms with Gasteiger partial charge in [0.2, 0.25) is 0 Å². The number of nitrogens with two attached hydrogens (primary N) is 1. The molecule has 16 heavy (non-hydrogen) atoms. The minimum atomic E-state index is 0.650. The number of ether oxygens (including phenoxy) is 1. The lowest BCUT2D eigenvalue weighted by Crippen LogP contribution is -2.07. The molecule has 0 fully saturated rings. The third kappa shape index (κ3) is 4.54. The van der Waals surface area contributed by atoms with E-state index in [1.54, 1.807) is 0 Å². The molecule has 1 rings (SSSR count). The van der Waals surface area contributed by atoms with Crippen molar-refractivity contribution < 1.29 is 4.74 Å². The second-order valence-corrected chi connectivity index (χ2v) is 5.24. The summed E-state index contributed by atoms with van der Waals surface area (Å²) in [4.78, 5) is 0. The molecule has 0 aliphatic rings. The van der Waals surface area contributed by atoms with Crippen LogP contribution in [0, 0.1) is 5.92 Å². The largest absolute Gasteiger partial charge is 0.493 e. The molecule has 0 aromatic heterocycles. The third-order valence-electron chi connectivity index (χ3n) is 2.39. The van der Waals surface area contributed by atoms with Crippen LogP contribution in [0.2, 0.25) is 0 Å². The standard InChI is InChI=1S/C13H20BrNO/c1-10(2)6-8-16-13-4-3-12(14)9-11(13)5-7-15/h3-4,9-10H,5-8,15H2,1-2H3. The van der Waals surface area contributed by atoms with Gasteiger partial charge in [0.1, 0.15) is 5.75 Å². The predicted molar refractivity (Wildman–Crippen MR) is 71.9 cm³/mol. The molecule has 0 bridgehead atoms. The van der Waals surface area contributed by atoms with Crippen LogP contribution in [0.3, 0.4) is 0 Å². The van der Waals surface area contributed by atoms with Crippen LogP contribution in [0.25, 0.3) is 0 Å². The molecule has 0 radical (unpaired) electrons. The van der Waals surface area contributed by atoms with Crippen LogP contribution in [0.1, 0.15) is 25.8 Å². The van der Waals surface area contributed by atoms with Gasteiger partial charge in [-0.05, 0) is 49.1 Å². The van der Waals surface area contributed by atoms with Crippen LogP contribution in [0.4, 0.5) is 0 Å². The number of benzene rings is 1. The number of hydrogen-bond acceptors (Lipinski definition) is 2. The van der Waals surface area contributed by atoms with Crippen LogP contribution < -0.4 is 10.5 Å². The Balaban J connectivity index is 2.63. The Labute approximate surface area is 106 Å². The summed E-state index contributed by atoms with van der Waals surface area (Å²) >= 11 is 3.46. The van der Waals surface area contributed by atoms with E-state index in [-0.39, 0.29) is 0 Å². The third-order valence-corrected chi connectivity index (χ3v) is 2.88. The van der Waals surface area contributed by atoms with Crippen molar-refractivity contribution >= 4 is 15.9 Å². The van der Waals surface area contributed by atoms with E-state index in [1.165, 1.54) is 5.56 Å². The van der Waals surface area contributed by atoms with E-state index in [2.05, 4.69) is 35.8 Å². The number of halogens is 1. The highest BCUT2D eigenvalue weighted by atomic mass is 79.9. The Morgan fingerprint density at radius 1 is 1.38 bits per heavy atom. The number of hydrogen-bond donors (Lipinski definition) is 1. The zero-order chi connectivity index (χ0) is 12.0. The molecule has 1 aromatic carbocycles. The Hall–Kier alpha value is -0.540. The summed E-state index contributed by atoms with van der Waals surface area (Å²) in [5.41, 5.74) is 6.77. The molecule has 0 heterocycles. The minimum Gasteiger partial charge on any atom is -0.493 e. The number of rotatable bonds is 6. The van der Waals surface area contributed by atoms with Crippen molar-refractivity contribution in [3.05, 3.63) is 28.2 Å². The van der Waals surface area contributed by atoms with Gasteiger partial charge in [-0.1, -0.05) is 29.8 Å². The van der Waals surface area contributed by atoms with Crippen molar-refractivity contribution in [1.29, 1.82) is 0 Å². The Morgan fingerprint density at radius 2 is 2.12 bits per heavy atom. The molecular weight excluding hydrogens is 266 g/mol. The normalized spacial score (nSPS) is 10.8. The summed E-state index contributed by atoms with van der Waals surface area (Å²) in [7, 11) is 0. The molecule has 0 saturated carbocycles. The van der Waals surface area contributed by atoms with Crippen molar-refractivity contribution in [2.75, 3.05) is 13.2 Å². The van der Waals surface area contributed by atoms with E-state index in [4.69, 9.17) is 10.5 Å². The molecule has 0 saturated heterocycles. The topological polar surface area (TPSA) is 35.2 Å². The molecule has 0 amide bonds. The Bertz CT molecular complexity index is 326. The summed E-state index contributed by atoms with van der Waals surface area (Å²) in [6.07, 6.45) is 1.94. The molecular formula is C13H20BrNO. The van der Waals surface area contributed by atoms with Gasteiger partial charge in [0.05, 0.1) is 6.61 Å². The van der Waals surface area contributed by atoms with Crippen LogP contribution >= 0.6 is 15.9 Å². The smallest absolute Gasteiger partial charge is 0.122 e. The van der Waals surface area contributed by atoms with E-state index < -0.39 is 0 Å². The SMILES string of the molecule is CC(C)CCOc1ccc(Br)cc1CCN. The second kappa shape index (κ2) is 6.92. The Kier molecular flexibility index (Phi) is 5.85. The van der Waals surface area contributed by atoms with Crippen molar-refractivity contribution in [2.24, 2.45) is 11.7 Å². The highest BCUT2D eigenvalue weighted by Crippen LogP contribution is 2.23. The maximum Gasteiger partial charge on any atom is 0.122 e. The molecule has 3 heteroatoms. The van der Waals surface area contributed by atoms with Crippen molar-refractivity contribution in [2.45, 2.75) is 26.7 Å². The van der Waals surface area contributed by atoms with E-state index in [0.717, 1.165) is 29.7 Å². The summed E-state index contributed by atoms with van der Waals surface area (Å²) in [5, 5.41) is 0. The molecule has 2 N–H and O–H groups in total. The fraction of sp³-hybridized carbons (Fsp3) is 0.538. The zero-order valence-corrected chi connectivity index (χ0v) is 11.6. The van der Waals surface area contributed by atoms with Crippen LogP contribution in [-0.4, -0.2) is 13.2 Å². The van der Waals surface area contributed by atoms with Gasteiger partial charge >= 0.3 is 0 Å². The molecule has 0 spiro atoms. The van der Waals surface area contributed by atoms with E-state index in [1.807, 2.05) is 12.1 Å². The minimum absolute atomic E-state index is 0.650. The van der Waals surface area contributed by atoms with E-state index in [0.29, 0.717) is 12.5 Å². The van der Waals surface area contributed by atoms with Gasteiger partial charge < -0.3 is 10.5 Å². The first-order valence-electron chi connectivity index (χ1n) is 5.74. The first-order chi connectivity index (χ1) is 7.63. The van der Waals surface area contributed by atoms with Gasteiger partial charge in [0.25, 0.3) is 0 Å². The predicted octanol–water partition coefficient (Wildman–Crippen LogP) is 3.38. The van der Waals surface area contributed by atoms with E-state index in [9.17, 15) is 0 Å². The van der Waals surface area contributed by atoms with Gasteiger partial charge in [-0.2, -0.15) is 0 Å². The lowest BCUT2D eigenvalue weighted by molar-refractivity contribution is 0.287. The van der Waals surface area contributed by atoms with Crippen LogP contribution in [0.15, 0.2) is 22.7 Å². The molecule has 0 aliphatic carbocycles. The molecule has 0 atom stereocenters. The van der Waals surface area contributed by atoms with Gasteiger partial charge in [0, 0.05) is 4.47 Å². The molecule has 0 aliphatic heterocycles. The van der Waals surface area contributed by atoms with Crippen molar-refractivity contribution in [3.8, 4) is 5.75 Å². The van der Waals surface area contributed by atoms with Crippen molar-refractivity contribution in [3.63, 3.8) is 0 Å². The first-order valence-corrected chi connectivity index (χ1v) is 6.54. The average Bonchev–Trinajstić information content (AvgIpc) is 2.21. The maximum atomic E-state index is 5.78. The first kappa shape index (κ1) is 13.5. The highest BCUT2D eigenvalue weighted by Gasteiger charge is 2.04. The average molecular weight is 286 g/mol. The van der Waals surface area contributed by atoms with Gasteiger partial charge in [-0.25, -0.2) is 0 Å². The lowest BCUT2D eigenvalue weighted by atomic mass is 10.1. The molecule has 90 valence electrons. The molecule has 1 aromatic rings. The zero-order valence-electron chi connectivity index (χ0n) is 10.0. The summed E-state index contributed by atoms with van der Waals surface area (Å²) in [5.74, 6) is 1.64. The fourth-order valence-corrected chi connectivity index (χ4v) is 1.85. The Morgan fingerprint density at radius 3 is 2.75 bits per heavy atom. The summed E-state index contributed by atoms with van der Waals surface area (Å²) in [6.45, 7) is 5.82. The fourth-order valence-electron chi connectivity index (χ4n) is 1.44. The van der Waals surface area contributed by atoms with Gasteiger partial charge in [-0.3, -0.25) is 0 Å². The molecule has 0 unspecified atom stereocenters. The van der Waals surface area contributed by atoms with Crippen LogP contribution in [-0.2, 0) is 6.42 Å². The lowest BCUT2D eigenvalue weighted by Gasteiger charge is -2.12. The quantitative estimate of drug-likeness (QED) is 0.870. The summed E-state index contributed by atoms with van der Waals surface area (Å²) in [6, 6.07) is 6.09. The van der Waals surface area contributed by atoms with Crippen LogP contribution in [0.5, 0.6) is 5.75 Å². The monoisotopic (exact) mass is 285 g/mol. The second-order valence-electron chi connectivity index (χ2n) is 4.32. The van der Waals surface area contributed by atoms with Gasteiger partial charge in [-0.15, -0.1) is 0 Å². The van der Waals surface area contributed by atoms with Crippen molar-refractivity contribution in [1.82, 2.24) is 0 Å². The highest BCUT2D eigenvalue weighted by molar-refractivity contribution is 9.10.